The number of rotatable bonds is 7. The number of aromatic nitrogens is 1. The maximum Gasteiger partial charge on any atom is 0.225 e. The van der Waals surface area contributed by atoms with E-state index in [1.54, 1.807) is 12.4 Å². The molecule has 1 aliphatic heterocycles. The van der Waals surface area contributed by atoms with Crippen molar-refractivity contribution >= 4 is 17.7 Å². The van der Waals surface area contributed by atoms with Gasteiger partial charge in [0.25, 0.3) is 0 Å². The quantitative estimate of drug-likeness (QED) is 0.745. The Kier molecular flexibility index (Phi) is 7.01. The van der Waals surface area contributed by atoms with Crippen LogP contribution in [-0.4, -0.2) is 46.7 Å². The summed E-state index contributed by atoms with van der Waals surface area (Å²) in [6.45, 7) is 3.47. The monoisotopic (exact) mass is 386 g/mol. The van der Waals surface area contributed by atoms with Gasteiger partial charge in [0.2, 0.25) is 17.7 Å². The summed E-state index contributed by atoms with van der Waals surface area (Å²) in [5.74, 6) is 0.279. The highest BCUT2D eigenvalue weighted by molar-refractivity contribution is 5.89. The third-order valence-electron chi connectivity index (χ3n) is 5.82. The van der Waals surface area contributed by atoms with Crippen LogP contribution in [0.4, 0.5) is 0 Å². The lowest BCUT2D eigenvalue weighted by Gasteiger charge is -2.33. The average Bonchev–Trinajstić information content (AvgIpc) is 3.09. The molecule has 3 rings (SSSR count). The molecule has 1 saturated heterocycles. The van der Waals surface area contributed by atoms with Gasteiger partial charge in [0.1, 0.15) is 0 Å². The van der Waals surface area contributed by atoms with E-state index in [-0.39, 0.29) is 43.0 Å². The van der Waals surface area contributed by atoms with Crippen LogP contribution in [0, 0.1) is 11.8 Å². The lowest BCUT2D eigenvalue weighted by Crippen LogP contribution is -2.40. The Balaban J connectivity index is 1.35. The highest BCUT2D eigenvalue weighted by atomic mass is 16.2. The average molecular weight is 386 g/mol. The van der Waals surface area contributed by atoms with Crippen molar-refractivity contribution < 1.29 is 14.4 Å². The lowest BCUT2D eigenvalue weighted by molar-refractivity contribution is -0.131. The number of likely N-dealkylation sites (tertiary alicyclic amines) is 1. The Morgan fingerprint density at radius 1 is 1.21 bits per heavy atom. The van der Waals surface area contributed by atoms with Crippen LogP contribution in [0.2, 0.25) is 0 Å². The van der Waals surface area contributed by atoms with Crippen LogP contribution in [0.25, 0.3) is 0 Å². The first-order chi connectivity index (χ1) is 13.5. The molecule has 1 aliphatic carbocycles. The molecule has 2 aliphatic rings. The van der Waals surface area contributed by atoms with Crippen molar-refractivity contribution in [3.8, 4) is 0 Å². The van der Waals surface area contributed by atoms with Gasteiger partial charge in [-0.1, -0.05) is 13.0 Å². The van der Waals surface area contributed by atoms with E-state index in [1.165, 1.54) is 0 Å². The van der Waals surface area contributed by atoms with Crippen molar-refractivity contribution in [1.82, 2.24) is 20.5 Å². The van der Waals surface area contributed by atoms with Crippen LogP contribution in [0.5, 0.6) is 0 Å². The second-order valence-corrected chi connectivity index (χ2v) is 8.04. The molecule has 3 amide bonds. The minimum Gasteiger partial charge on any atom is -0.355 e. The van der Waals surface area contributed by atoms with Crippen LogP contribution >= 0.6 is 0 Å². The molecule has 0 spiro atoms. The predicted molar refractivity (Wildman–Crippen MR) is 105 cm³/mol. The third kappa shape index (κ3) is 5.53. The molecule has 7 heteroatoms. The first kappa shape index (κ1) is 20.3. The van der Waals surface area contributed by atoms with Crippen molar-refractivity contribution in [1.29, 1.82) is 0 Å². The maximum atomic E-state index is 12.4. The second-order valence-electron chi connectivity index (χ2n) is 8.04. The molecule has 1 atom stereocenters. The second kappa shape index (κ2) is 9.66. The fourth-order valence-electron chi connectivity index (χ4n) is 4.05. The summed E-state index contributed by atoms with van der Waals surface area (Å²) in [7, 11) is 0. The van der Waals surface area contributed by atoms with Crippen molar-refractivity contribution in [3.63, 3.8) is 0 Å². The number of amides is 3. The van der Waals surface area contributed by atoms with Gasteiger partial charge < -0.3 is 15.5 Å². The lowest BCUT2D eigenvalue weighted by atomic mass is 9.87. The van der Waals surface area contributed by atoms with Gasteiger partial charge >= 0.3 is 0 Å². The van der Waals surface area contributed by atoms with Gasteiger partial charge in [-0.2, -0.15) is 0 Å². The molecule has 1 aromatic rings. The van der Waals surface area contributed by atoms with Crippen LogP contribution in [-0.2, 0) is 20.9 Å². The predicted octanol–water partition coefficient (Wildman–Crippen LogP) is 1.63. The minimum absolute atomic E-state index is 0.0916. The van der Waals surface area contributed by atoms with E-state index in [2.05, 4.69) is 22.5 Å². The number of nitrogens with zero attached hydrogens (tertiary/aromatic N) is 2. The molecule has 0 bridgehead atoms. The Morgan fingerprint density at radius 3 is 2.71 bits per heavy atom. The van der Waals surface area contributed by atoms with Crippen LogP contribution in [0.15, 0.2) is 24.5 Å². The number of pyridine rings is 1. The topological polar surface area (TPSA) is 91.4 Å². The summed E-state index contributed by atoms with van der Waals surface area (Å²) < 4.78 is 0. The summed E-state index contributed by atoms with van der Waals surface area (Å²) in [5, 5.41) is 5.62. The van der Waals surface area contributed by atoms with Crippen LogP contribution in [0.3, 0.4) is 0 Å². The SMILES string of the molecule is CC1CCC(N2CC(C(=O)NCCC(=O)NCc3cccnc3)CC2=O)CC1. The summed E-state index contributed by atoms with van der Waals surface area (Å²) in [6, 6.07) is 4.01. The van der Waals surface area contributed by atoms with Gasteiger partial charge in [-0.05, 0) is 43.2 Å². The van der Waals surface area contributed by atoms with Gasteiger partial charge in [-0.3, -0.25) is 19.4 Å². The Morgan fingerprint density at radius 2 is 2.00 bits per heavy atom. The molecule has 7 nitrogen and oxygen atoms in total. The Bertz CT molecular complexity index is 686. The molecule has 2 heterocycles. The highest BCUT2D eigenvalue weighted by Crippen LogP contribution is 2.31. The fourth-order valence-corrected chi connectivity index (χ4v) is 4.05. The Hall–Kier alpha value is -2.44. The largest absolute Gasteiger partial charge is 0.355 e. The molecule has 1 unspecified atom stereocenters. The number of hydrogen-bond acceptors (Lipinski definition) is 4. The fraction of sp³-hybridized carbons (Fsp3) is 0.619. The number of nitrogens with one attached hydrogen (secondary N) is 2. The third-order valence-corrected chi connectivity index (χ3v) is 5.82. The zero-order chi connectivity index (χ0) is 19.9. The maximum absolute atomic E-state index is 12.4. The van der Waals surface area contributed by atoms with E-state index in [1.807, 2.05) is 17.0 Å². The van der Waals surface area contributed by atoms with Gasteiger partial charge in [0.05, 0.1) is 5.92 Å². The van der Waals surface area contributed by atoms with E-state index < -0.39 is 0 Å². The summed E-state index contributed by atoms with van der Waals surface area (Å²) in [4.78, 5) is 42.6. The standard InChI is InChI=1S/C21H30N4O3/c1-15-4-6-18(7-5-15)25-14-17(11-20(25)27)21(28)23-10-8-19(26)24-13-16-3-2-9-22-12-16/h2-3,9,12,15,17-18H,4-8,10-11,13-14H2,1H3,(H,23,28)(H,24,26). The van der Waals surface area contributed by atoms with Crippen LogP contribution in [0.1, 0.15) is 51.0 Å². The van der Waals surface area contributed by atoms with Crippen molar-refractivity contribution in [2.75, 3.05) is 13.1 Å². The van der Waals surface area contributed by atoms with E-state index in [4.69, 9.17) is 0 Å². The van der Waals surface area contributed by atoms with E-state index in [9.17, 15) is 14.4 Å². The summed E-state index contributed by atoms with van der Waals surface area (Å²) in [5.41, 5.74) is 0.932. The van der Waals surface area contributed by atoms with Gasteiger partial charge in [0, 0.05) is 50.9 Å². The zero-order valence-electron chi connectivity index (χ0n) is 16.5. The molecule has 28 heavy (non-hydrogen) atoms. The molecule has 1 saturated carbocycles. The Labute approximate surface area is 166 Å². The van der Waals surface area contributed by atoms with E-state index >= 15 is 0 Å². The van der Waals surface area contributed by atoms with Crippen molar-refractivity contribution in [2.24, 2.45) is 11.8 Å². The zero-order valence-corrected chi connectivity index (χ0v) is 16.5. The van der Waals surface area contributed by atoms with Crippen LogP contribution < -0.4 is 10.6 Å². The molecule has 0 aromatic carbocycles. The van der Waals surface area contributed by atoms with Crippen molar-refractivity contribution in [3.05, 3.63) is 30.1 Å². The van der Waals surface area contributed by atoms with Gasteiger partial charge in [-0.15, -0.1) is 0 Å². The molecule has 2 fully saturated rings. The molecular formula is C21H30N4O3. The van der Waals surface area contributed by atoms with E-state index in [0.717, 1.165) is 37.2 Å². The molecule has 152 valence electrons. The normalized spacial score (nSPS) is 24.8. The summed E-state index contributed by atoms with van der Waals surface area (Å²) in [6.07, 6.45) is 8.28. The van der Waals surface area contributed by atoms with Gasteiger partial charge in [0.15, 0.2) is 0 Å². The van der Waals surface area contributed by atoms with E-state index in [0.29, 0.717) is 19.1 Å². The number of hydrogen-bond donors (Lipinski definition) is 2. The number of carbonyl (C=O) groups is 3. The molecule has 0 radical (unpaired) electrons. The first-order valence-electron chi connectivity index (χ1n) is 10.3. The van der Waals surface area contributed by atoms with Gasteiger partial charge in [-0.25, -0.2) is 0 Å². The molecular weight excluding hydrogens is 356 g/mol. The smallest absolute Gasteiger partial charge is 0.225 e. The summed E-state index contributed by atoms with van der Waals surface area (Å²) >= 11 is 0. The van der Waals surface area contributed by atoms with Crippen molar-refractivity contribution in [2.45, 2.75) is 58.0 Å². The minimum atomic E-state index is -0.301. The molecule has 2 N–H and O–H groups in total. The molecule has 1 aromatic heterocycles. The number of carbonyl (C=O) groups excluding carboxylic acids is 3. The first-order valence-corrected chi connectivity index (χ1v) is 10.3. The highest BCUT2D eigenvalue weighted by Gasteiger charge is 2.38.